The number of rotatable bonds is 5. The molecule has 2 amide bonds. The Balaban J connectivity index is 1.68. The van der Waals surface area contributed by atoms with Gasteiger partial charge in [0.2, 0.25) is 0 Å². The summed E-state index contributed by atoms with van der Waals surface area (Å²) in [5, 5.41) is 34.1. The molecule has 0 spiro atoms. The zero-order valence-corrected chi connectivity index (χ0v) is 15.4. The number of nitrogens with zero attached hydrogens (tertiary/aromatic N) is 3. The van der Waals surface area contributed by atoms with Gasteiger partial charge in [0.1, 0.15) is 11.5 Å². The van der Waals surface area contributed by atoms with Gasteiger partial charge in [0.05, 0.1) is 32.7 Å². The SMILES string of the molecule is O=C1c2ccc(Oc3cccc([N+](=O)[O-])c3)cc2C(=O)N1c1cc([N+](=O)[O-])ccc1[O-]. The molecule has 0 aromatic heterocycles. The van der Waals surface area contributed by atoms with Gasteiger partial charge >= 0.3 is 0 Å². The minimum Gasteiger partial charge on any atom is -0.871 e. The first-order valence-corrected chi connectivity index (χ1v) is 8.67. The van der Waals surface area contributed by atoms with Crippen LogP contribution in [0, 0.1) is 20.2 Å². The first kappa shape index (κ1) is 19.5. The molecule has 11 heteroatoms. The Bertz CT molecular complexity index is 1290. The highest BCUT2D eigenvalue weighted by molar-refractivity contribution is 6.35. The van der Waals surface area contributed by atoms with E-state index in [1.165, 1.54) is 42.5 Å². The quantitative estimate of drug-likeness (QED) is 0.346. The number of anilines is 1. The van der Waals surface area contributed by atoms with Gasteiger partial charge in [-0.1, -0.05) is 17.9 Å². The maximum atomic E-state index is 12.8. The van der Waals surface area contributed by atoms with E-state index in [9.17, 15) is 34.9 Å². The highest BCUT2D eigenvalue weighted by atomic mass is 16.6. The molecule has 0 fully saturated rings. The maximum absolute atomic E-state index is 12.8. The van der Waals surface area contributed by atoms with E-state index >= 15 is 0 Å². The number of amides is 2. The van der Waals surface area contributed by atoms with Crippen molar-refractivity contribution >= 4 is 28.9 Å². The van der Waals surface area contributed by atoms with E-state index < -0.39 is 38.8 Å². The topological polar surface area (TPSA) is 156 Å². The van der Waals surface area contributed by atoms with E-state index in [0.717, 1.165) is 18.2 Å². The fourth-order valence-corrected chi connectivity index (χ4v) is 3.09. The molecule has 31 heavy (non-hydrogen) atoms. The zero-order valence-electron chi connectivity index (χ0n) is 15.4. The van der Waals surface area contributed by atoms with E-state index in [1.54, 1.807) is 0 Å². The number of hydrogen-bond acceptors (Lipinski definition) is 8. The molecular formula is C20H10N3O8-. The molecule has 1 heterocycles. The van der Waals surface area contributed by atoms with E-state index in [-0.39, 0.29) is 28.3 Å². The lowest BCUT2D eigenvalue weighted by Gasteiger charge is -2.20. The molecule has 1 aliphatic rings. The normalized spacial score (nSPS) is 12.6. The Morgan fingerprint density at radius 2 is 1.39 bits per heavy atom. The van der Waals surface area contributed by atoms with Crippen LogP contribution < -0.4 is 14.7 Å². The standard InChI is InChI=1S/C20H11N3O8/c24-18-7-4-12(23(29)30)9-17(18)21-19(25)15-6-5-14(10-16(15)20(21)26)31-13-3-1-2-11(8-13)22(27)28/h1-10,24H/p-1. The first-order chi connectivity index (χ1) is 14.8. The predicted molar refractivity (Wildman–Crippen MR) is 103 cm³/mol. The number of ether oxygens (including phenoxy) is 1. The van der Waals surface area contributed by atoms with Gasteiger partial charge in [-0.05, 0) is 24.3 Å². The fraction of sp³-hybridized carbons (Fsp3) is 0. The summed E-state index contributed by atoms with van der Waals surface area (Å²) in [5.74, 6) is -2.11. The zero-order chi connectivity index (χ0) is 22.3. The molecule has 0 atom stereocenters. The van der Waals surface area contributed by atoms with Crippen molar-refractivity contribution in [3.8, 4) is 17.2 Å². The lowest BCUT2D eigenvalue weighted by molar-refractivity contribution is -0.385. The highest BCUT2D eigenvalue weighted by Crippen LogP contribution is 2.37. The molecule has 3 aromatic rings. The van der Waals surface area contributed by atoms with Crippen LogP contribution in [-0.2, 0) is 0 Å². The summed E-state index contributed by atoms with van der Waals surface area (Å²) in [6, 6.07) is 12.1. The third-order valence-corrected chi connectivity index (χ3v) is 4.52. The van der Waals surface area contributed by atoms with Crippen molar-refractivity contribution in [1.29, 1.82) is 0 Å². The van der Waals surface area contributed by atoms with Gasteiger partial charge in [-0.3, -0.25) is 29.8 Å². The number of nitro groups is 2. The fourth-order valence-electron chi connectivity index (χ4n) is 3.09. The van der Waals surface area contributed by atoms with E-state index in [4.69, 9.17) is 4.74 Å². The van der Waals surface area contributed by atoms with Crippen LogP contribution in [0.25, 0.3) is 0 Å². The average molecular weight is 420 g/mol. The number of fused-ring (bicyclic) bond motifs is 1. The Morgan fingerprint density at radius 3 is 2.10 bits per heavy atom. The maximum Gasteiger partial charge on any atom is 0.273 e. The molecule has 0 N–H and O–H groups in total. The van der Waals surface area contributed by atoms with Gasteiger partial charge in [-0.15, -0.1) is 0 Å². The minimum atomic E-state index is -0.845. The summed E-state index contributed by atoms with van der Waals surface area (Å²) in [5.41, 5.74) is -1.15. The van der Waals surface area contributed by atoms with Gasteiger partial charge in [0.15, 0.2) is 0 Å². The summed E-state index contributed by atoms with van der Waals surface area (Å²) >= 11 is 0. The second-order valence-corrected chi connectivity index (χ2v) is 6.42. The van der Waals surface area contributed by atoms with Crippen molar-refractivity contribution in [1.82, 2.24) is 0 Å². The molecule has 0 saturated heterocycles. The summed E-state index contributed by atoms with van der Waals surface area (Å²) in [6.07, 6.45) is 0. The van der Waals surface area contributed by atoms with Crippen molar-refractivity contribution in [3.63, 3.8) is 0 Å². The van der Waals surface area contributed by atoms with Crippen molar-refractivity contribution < 1.29 is 29.3 Å². The number of carbonyl (C=O) groups is 2. The van der Waals surface area contributed by atoms with E-state index in [1.807, 2.05) is 0 Å². The summed E-state index contributed by atoms with van der Waals surface area (Å²) < 4.78 is 5.56. The smallest absolute Gasteiger partial charge is 0.273 e. The van der Waals surface area contributed by atoms with Crippen LogP contribution in [0.2, 0.25) is 0 Å². The monoisotopic (exact) mass is 420 g/mol. The minimum absolute atomic E-state index is 0.0118. The van der Waals surface area contributed by atoms with Gasteiger partial charge in [-0.2, -0.15) is 0 Å². The van der Waals surface area contributed by atoms with Gasteiger partial charge in [0, 0.05) is 18.2 Å². The first-order valence-electron chi connectivity index (χ1n) is 8.67. The van der Waals surface area contributed by atoms with Crippen LogP contribution in [0.1, 0.15) is 20.7 Å². The second-order valence-electron chi connectivity index (χ2n) is 6.42. The number of non-ortho nitro benzene ring substituents is 2. The number of hydrogen-bond donors (Lipinski definition) is 0. The summed E-state index contributed by atoms with van der Waals surface area (Å²) in [4.78, 5) is 46.7. The number of benzene rings is 3. The van der Waals surface area contributed by atoms with E-state index in [2.05, 4.69) is 0 Å². The average Bonchev–Trinajstić information content (AvgIpc) is 2.98. The Labute approximate surface area is 173 Å². The summed E-state index contributed by atoms with van der Waals surface area (Å²) in [7, 11) is 0. The highest BCUT2D eigenvalue weighted by Gasteiger charge is 2.37. The van der Waals surface area contributed by atoms with Crippen LogP contribution in [0.15, 0.2) is 60.7 Å². The van der Waals surface area contributed by atoms with Crippen LogP contribution >= 0.6 is 0 Å². The van der Waals surface area contributed by atoms with Gasteiger partial charge in [0.25, 0.3) is 23.2 Å². The Kier molecular flexibility index (Phi) is 4.55. The van der Waals surface area contributed by atoms with E-state index in [0.29, 0.717) is 4.90 Å². The van der Waals surface area contributed by atoms with Gasteiger partial charge in [-0.25, -0.2) is 4.90 Å². The molecule has 1 aliphatic heterocycles. The lowest BCUT2D eigenvalue weighted by Crippen LogP contribution is -2.30. The number of imide groups is 1. The Hall–Kier alpha value is -4.80. The van der Waals surface area contributed by atoms with Crippen molar-refractivity contribution in [2.75, 3.05) is 4.90 Å². The van der Waals surface area contributed by atoms with Crippen LogP contribution in [-0.4, -0.2) is 21.7 Å². The molecule has 154 valence electrons. The summed E-state index contributed by atoms with van der Waals surface area (Å²) in [6.45, 7) is 0. The molecule has 0 radical (unpaired) electrons. The van der Waals surface area contributed by atoms with Gasteiger partial charge < -0.3 is 9.84 Å². The largest absolute Gasteiger partial charge is 0.871 e. The number of carbonyl (C=O) groups excluding carboxylic acids is 2. The molecule has 0 bridgehead atoms. The molecular weight excluding hydrogens is 410 g/mol. The second kappa shape index (κ2) is 7.22. The molecule has 0 saturated carbocycles. The van der Waals surface area contributed by atoms with Crippen molar-refractivity contribution in [3.05, 3.63) is 92.0 Å². The molecule has 3 aromatic carbocycles. The third kappa shape index (κ3) is 3.40. The molecule has 11 nitrogen and oxygen atoms in total. The molecule has 0 unspecified atom stereocenters. The Morgan fingerprint density at radius 1 is 0.742 bits per heavy atom. The van der Waals surface area contributed by atoms with Crippen LogP contribution in [0.4, 0.5) is 17.1 Å². The molecule has 4 rings (SSSR count). The number of nitro benzene ring substituents is 2. The molecule has 0 aliphatic carbocycles. The lowest BCUT2D eigenvalue weighted by atomic mass is 10.1. The third-order valence-electron chi connectivity index (χ3n) is 4.52. The predicted octanol–water partition coefficient (Wildman–Crippen LogP) is 3.17. The van der Waals surface area contributed by atoms with Crippen molar-refractivity contribution in [2.24, 2.45) is 0 Å². The van der Waals surface area contributed by atoms with Crippen molar-refractivity contribution in [2.45, 2.75) is 0 Å². The van der Waals surface area contributed by atoms with Crippen LogP contribution in [0.3, 0.4) is 0 Å². The van der Waals surface area contributed by atoms with Crippen LogP contribution in [0.5, 0.6) is 17.2 Å².